The lowest BCUT2D eigenvalue weighted by atomic mass is 10.2. The minimum atomic E-state index is 0.942. The molecule has 0 aliphatic carbocycles. The van der Waals surface area contributed by atoms with Gasteiger partial charge in [0.1, 0.15) is 5.01 Å². The highest BCUT2D eigenvalue weighted by Gasteiger charge is 2.15. The molecule has 72 valence electrons. The molecule has 3 rings (SSSR count). The fraction of sp³-hybridized carbons (Fsp3) is 0.300. The summed E-state index contributed by atoms with van der Waals surface area (Å²) in [6, 6.07) is 4.22. The molecule has 2 aromatic heterocycles. The average Bonchev–Trinajstić information content (AvgIpc) is 2.86. The Kier molecular flexibility index (Phi) is 2.12. The smallest absolute Gasteiger partial charge is 0.133 e. The minimum absolute atomic E-state index is 0.942. The number of nitrogens with zero attached hydrogens (tertiary/aromatic N) is 1. The highest BCUT2D eigenvalue weighted by molar-refractivity contribution is 7.21. The van der Waals surface area contributed by atoms with Crippen LogP contribution in [-0.2, 0) is 13.0 Å². The summed E-state index contributed by atoms with van der Waals surface area (Å²) in [6.45, 7) is 2.04. The van der Waals surface area contributed by atoms with Crippen molar-refractivity contribution in [2.24, 2.45) is 0 Å². The Hall–Kier alpha value is -0.710. The van der Waals surface area contributed by atoms with E-state index in [-0.39, 0.29) is 0 Å². The highest BCUT2D eigenvalue weighted by atomic mass is 32.1. The first-order chi connectivity index (χ1) is 6.93. The van der Waals surface area contributed by atoms with Crippen molar-refractivity contribution in [1.82, 2.24) is 10.3 Å². The molecular formula is C10H10N2S2. The zero-order chi connectivity index (χ0) is 9.38. The second kappa shape index (κ2) is 3.46. The van der Waals surface area contributed by atoms with E-state index in [1.807, 2.05) is 11.3 Å². The highest BCUT2D eigenvalue weighted by Crippen LogP contribution is 2.32. The lowest BCUT2D eigenvalue weighted by Crippen LogP contribution is -2.22. The molecule has 0 saturated carbocycles. The van der Waals surface area contributed by atoms with Crippen LogP contribution in [0.1, 0.15) is 10.6 Å². The summed E-state index contributed by atoms with van der Waals surface area (Å²) >= 11 is 3.62. The summed E-state index contributed by atoms with van der Waals surface area (Å²) in [5, 5.41) is 6.64. The molecule has 1 N–H and O–H groups in total. The summed E-state index contributed by atoms with van der Waals surface area (Å²) in [7, 11) is 0. The molecule has 1 aliphatic rings. The molecule has 4 heteroatoms. The summed E-state index contributed by atoms with van der Waals surface area (Å²) < 4.78 is 0. The second-order valence-corrected chi connectivity index (χ2v) is 5.32. The molecule has 0 amide bonds. The van der Waals surface area contributed by atoms with Crippen LogP contribution in [0.2, 0.25) is 0 Å². The Morgan fingerprint density at radius 2 is 2.43 bits per heavy atom. The third kappa shape index (κ3) is 1.39. The predicted molar refractivity (Wildman–Crippen MR) is 60.8 cm³/mol. The van der Waals surface area contributed by atoms with E-state index in [0.29, 0.717) is 0 Å². The number of hydrogen-bond donors (Lipinski definition) is 1. The molecule has 0 atom stereocenters. The van der Waals surface area contributed by atoms with Gasteiger partial charge < -0.3 is 5.32 Å². The van der Waals surface area contributed by atoms with Crippen molar-refractivity contribution in [1.29, 1.82) is 0 Å². The molecule has 0 aromatic carbocycles. The van der Waals surface area contributed by atoms with E-state index in [9.17, 15) is 0 Å². The van der Waals surface area contributed by atoms with Gasteiger partial charge in [0, 0.05) is 18.0 Å². The SMILES string of the molecule is c1csc(-c2nc3c(s2)CCNC3)c1. The third-order valence-electron chi connectivity index (χ3n) is 2.33. The molecule has 2 aromatic rings. The first-order valence-corrected chi connectivity index (χ1v) is 6.36. The summed E-state index contributed by atoms with van der Waals surface area (Å²) in [4.78, 5) is 7.42. The summed E-state index contributed by atoms with van der Waals surface area (Å²) in [6.07, 6.45) is 1.14. The Balaban J connectivity index is 2.04. The van der Waals surface area contributed by atoms with Crippen LogP contribution in [0.4, 0.5) is 0 Å². The lowest BCUT2D eigenvalue weighted by Gasteiger charge is -2.09. The Labute approximate surface area is 90.6 Å². The normalized spacial score (nSPS) is 15.4. The minimum Gasteiger partial charge on any atom is -0.311 e. The number of thiophene rings is 1. The summed E-state index contributed by atoms with van der Waals surface area (Å²) in [5.41, 5.74) is 1.25. The lowest BCUT2D eigenvalue weighted by molar-refractivity contribution is 0.639. The van der Waals surface area contributed by atoms with Crippen molar-refractivity contribution in [2.45, 2.75) is 13.0 Å². The molecular weight excluding hydrogens is 212 g/mol. The van der Waals surface area contributed by atoms with Gasteiger partial charge >= 0.3 is 0 Å². The van der Waals surface area contributed by atoms with Crippen molar-refractivity contribution >= 4 is 22.7 Å². The van der Waals surface area contributed by atoms with Gasteiger partial charge in [0.25, 0.3) is 0 Å². The number of thiazole rings is 1. The van der Waals surface area contributed by atoms with Gasteiger partial charge in [0.2, 0.25) is 0 Å². The van der Waals surface area contributed by atoms with Crippen LogP contribution in [0.25, 0.3) is 9.88 Å². The maximum atomic E-state index is 4.66. The molecule has 0 spiro atoms. The largest absolute Gasteiger partial charge is 0.311 e. The summed E-state index contributed by atoms with van der Waals surface area (Å²) in [5.74, 6) is 0. The van der Waals surface area contributed by atoms with Crippen LogP contribution < -0.4 is 5.32 Å². The molecule has 3 heterocycles. The number of nitrogens with one attached hydrogen (secondary N) is 1. The predicted octanol–water partition coefficient (Wildman–Crippen LogP) is 2.52. The molecule has 14 heavy (non-hydrogen) atoms. The van der Waals surface area contributed by atoms with Crippen LogP contribution in [0, 0.1) is 0 Å². The van der Waals surface area contributed by atoms with Gasteiger partial charge in [-0.1, -0.05) is 6.07 Å². The molecule has 2 nitrogen and oxygen atoms in total. The Morgan fingerprint density at radius 3 is 3.21 bits per heavy atom. The van der Waals surface area contributed by atoms with Gasteiger partial charge in [0.15, 0.2) is 0 Å². The van der Waals surface area contributed by atoms with E-state index < -0.39 is 0 Å². The number of rotatable bonds is 1. The van der Waals surface area contributed by atoms with Gasteiger partial charge in [0.05, 0.1) is 10.6 Å². The maximum Gasteiger partial charge on any atom is 0.133 e. The van der Waals surface area contributed by atoms with Gasteiger partial charge in [-0.15, -0.1) is 22.7 Å². The van der Waals surface area contributed by atoms with E-state index in [2.05, 4.69) is 27.8 Å². The van der Waals surface area contributed by atoms with Crippen molar-refractivity contribution in [3.05, 3.63) is 28.1 Å². The fourth-order valence-corrected chi connectivity index (χ4v) is 3.51. The quantitative estimate of drug-likeness (QED) is 0.802. The van der Waals surface area contributed by atoms with Crippen molar-refractivity contribution in [3.63, 3.8) is 0 Å². The van der Waals surface area contributed by atoms with Gasteiger partial charge in [-0.05, 0) is 17.9 Å². The van der Waals surface area contributed by atoms with Crippen molar-refractivity contribution in [3.8, 4) is 9.88 Å². The topological polar surface area (TPSA) is 24.9 Å². The second-order valence-electron chi connectivity index (χ2n) is 3.29. The fourth-order valence-electron chi connectivity index (χ4n) is 1.63. The van der Waals surface area contributed by atoms with Crippen LogP contribution in [-0.4, -0.2) is 11.5 Å². The molecule has 1 aliphatic heterocycles. The van der Waals surface area contributed by atoms with Crippen molar-refractivity contribution < 1.29 is 0 Å². The molecule has 0 saturated heterocycles. The third-order valence-corrected chi connectivity index (χ3v) is 4.53. The van der Waals surface area contributed by atoms with E-state index in [0.717, 1.165) is 19.5 Å². The zero-order valence-corrected chi connectivity index (χ0v) is 9.25. The number of fused-ring (bicyclic) bond motifs is 1. The molecule has 0 bridgehead atoms. The standard InChI is InChI=1S/C10H10N2S2/c1-2-9(13-5-1)10-12-7-6-11-4-3-8(7)14-10/h1-2,5,11H,3-4,6H2. The van der Waals surface area contributed by atoms with E-state index >= 15 is 0 Å². The first-order valence-electron chi connectivity index (χ1n) is 4.66. The van der Waals surface area contributed by atoms with Crippen molar-refractivity contribution in [2.75, 3.05) is 6.54 Å². The average molecular weight is 222 g/mol. The number of aromatic nitrogens is 1. The number of hydrogen-bond acceptors (Lipinski definition) is 4. The Bertz CT molecular complexity index is 407. The molecule has 0 fully saturated rings. The van der Waals surface area contributed by atoms with Crippen LogP contribution in [0.3, 0.4) is 0 Å². The van der Waals surface area contributed by atoms with Crippen LogP contribution in [0.15, 0.2) is 17.5 Å². The molecule has 0 unspecified atom stereocenters. The van der Waals surface area contributed by atoms with Gasteiger partial charge in [-0.25, -0.2) is 4.98 Å². The maximum absolute atomic E-state index is 4.66. The van der Waals surface area contributed by atoms with Crippen LogP contribution >= 0.6 is 22.7 Å². The molecule has 0 radical (unpaired) electrons. The van der Waals surface area contributed by atoms with Crippen LogP contribution in [0.5, 0.6) is 0 Å². The van der Waals surface area contributed by atoms with Gasteiger partial charge in [-0.2, -0.15) is 0 Å². The first kappa shape index (κ1) is 8.59. The van der Waals surface area contributed by atoms with E-state index in [1.165, 1.54) is 20.5 Å². The van der Waals surface area contributed by atoms with E-state index in [4.69, 9.17) is 0 Å². The van der Waals surface area contributed by atoms with Gasteiger partial charge in [-0.3, -0.25) is 0 Å². The zero-order valence-electron chi connectivity index (χ0n) is 7.62. The van der Waals surface area contributed by atoms with E-state index in [1.54, 1.807) is 11.3 Å². The monoisotopic (exact) mass is 222 g/mol. The Morgan fingerprint density at radius 1 is 1.43 bits per heavy atom.